The Morgan fingerprint density at radius 2 is 2.03 bits per heavy atom. The summed E-state index contributed by atoms with van der Waals surface area (Å²) in [4.78, 5) is 29.0. The molecule has 6 nitrogen and oxygen atoms in total. The van der Waals surface area contributed by atoms with E-state index in [0.717, 1.165) is 40.5 Å². The second-order valence-electron chi connectivity index (χ2n) is 6.83. The first-order valence-electron chi connectivity index (χ1n) is 9.47. The molecule has 1 aromatic carbocycles. The Labute approximate surface area is 185 Å². The third-order valence-corrected chi connectivity index (χ3v) is 13.4. The predicted octanol–water partition coefficient (Wildman–Crippen LogP) is -0.00120. The summed E-state index contributed by atoms with van der Waals surface area (Å²) in [6.45, 7) is 2.21. The fourth-order valence-electron chi connectivity index (χ4n) is 3.30. The molecule has 29 heavy (non-hydrogen) atoms. The van der Waals surface area contributed by atoms with Gasteiger partial charge in [-0.3, -0.25) is 0 Å². The molecule has 3 heterocycles. The molecule has 2 aliphatic rings. The monoisotopic (exact) mass is 618 g/mol. The zero-order chi connectivity index (χ0) is 20.1. The van der Waals surface area contributed by atoms with Gasteiger partial charge in [-0.2, -0.15) is 0 Å². The number of benzene rings is 1. The molecule has 1 saturated heterocycles. The van der Waals surface area contributed by atoms with Crippen molar-refractivity contribution in [3.05, 3.63) is 57.5 Å². The molecule has 2 aromatic rings. The second-order valence-corrected chi connectivity index (χ2v) is 15.4. The molecule has 2 amide bonds. The first kappa shape index (κ1) is 20.7. The molecular formula is C21H22I2N3O3-. The van der Waals surface area contributed by atoms with Gasteiger partial charge in [0.25, 0.3) is 0 Å². The number of H-pyrrole nitrogens is 1. The van der Waals surface area contributed by atoms with Gasteiger partial charge < -0.3 is 0 Å². The molecule has 8 heteroatoms. The molecule has 4 rings (SSSR count). The predicted molar refractivity (Wildman–Crippen MR) is 119 cm³/mol. The van der Waals surface area contributed by atoms with Crippen molar-refractivity contribution in [1.29, 1.82) is 0 Å². The minimum absolute atomic E-state index is 0.0295. The van der Waals surface area contributed by atoms with Gasteiger partial charge in [0, 0.05) is 0 Å². The van der Waals surface area contributed by atoms with Crippen LogP contribution in [0.4, 0.5) is 0 Å². The summed E-state index contributed by atoms with van der Waals surface area (Å²) < 4.78 is 8.34. The van der Waals surface area contributed by atoms with Crippen LogP contribution in [0.2, 0.25) is 0 Å². The Hall–Kier alpha value is -1.53. The van der Waals surface area contributed by atoms with Crippen LogP contribution in [0.5, 0.6) is 0 Å². The van der Waals surface area contributed by atoms with Crippen LogP contribution in [-0.2, 0) is 9.53 Å². The molecular weight excluding hydrogens is 596 g/mol. The molecule has 0 unspecified atom stereocenters. The fourth-order valence-corrected chi connectivity index (χ4v) is 11.2. The molecule has 0 spiro atoms. The molecule has 1 fully saturated rings. The number of para-hydroxylation sites is 1. The molecule has 154 valence electrons. The van der Waals surface area contributed by atoms with Crippen molar-refractivity contribution in [2.45, 2.75) is 12.8 Å². The Kier molecular flexibility index (Phi) is 7.14. The summed E-state index contributed by atoms with van der Waals surface area (Å²) in [5, 5.41) is 6.98. The van der Waals surface area contributed by atoms with Crippen LogP contribution in [0.3, 0.4) is 0 Å². The van der Waals surface area contributed by atoms with E-state index in [-0.39, 0.29) is 28.6 Å². The summed E-state index contributed by atoms with van der Waals surface area (Å²) in [5.74, 6) is 0.248. The zero-order valence-corrected chi connectivity index (χ0v) is 20.0. The summed E-state index contributed by atoms with van der Waals surface area (Å²) in [6.07, 6.45) is 7.53. The van der Waals surface area contributed by atoms with Crippen molar-refractivity contribution in [3.8, 4) is 0 Å². The number of nitrogens with one attached hydrogen (secondary N) is 3. The maximum absolute atomic E-state index is 12.9. The topological polar surface area (TPSA) is 83.2 Å². The Balaban J connectivity index is 1.51. The van der Waals surface area contributed by atoms with Gasteiger partial charge in [0.2, 0.25) is 0 Å². The number of carbonyl (C=O) groups excluding carboxylic acids is 2. The Morgan fingerprint density at radius 1 is 1.21 bits per heavy atom. The number of amides is 2. The van der Waals surface area contributed by atoms with Gasteiger partial charge in [-0.05, 0) is 0 Å². The number of ether oxygens (including phenoxy) is 1. The molecule has 0 aliphatic carbocycles. The van der Waals surface area contributed by atoms with Gasteiger partial charge >= 0.3 is 187 Å². The van der Waals surface area contributed by atoms with E-state index >= 15 is 0 Å². The third-order valence-electron chi connectivity index (χ3n) is 4.91. The molecule has 0 radical (unpaired) electrons. The fraction of sp³-hybridized carbons (Fsp3) is 0.286. The number of carbonyl (C=O) groups is 2. The molecule has 2 aliphatic heterocycles. The number of fused-ring (bicyclic) bond motifs is 1. The number of aromatic amines is 1. The molecule has 1 aromatic heterocycles. The van der Waals surface area contributed by atoms with Crippen LogP contribution in [0.25, 0.3) is 10.9 Å². The molecule has 0 saturated carbocycles. The quantitative estimate of drug-likeness (QED) is 0.413. The molecule has 0 bridgehead atoms. The van der Waals surface area contributed by atoms with Crippen molar-refractivity contribution in [1.82, 2.24) is 15.6 Å². The third kappa shape index (κ3) is 5.15. The van der Waals surface area contributed by atoms with E-state index in [0.29, 0.717) is 23.7 Å². The van der Waals surface area contributed by atoms with E-state index in [2.05, 4.69) is 19.6 Å². The SMILES string of the molecule is O=C(NCC1CCOCC1)C1=C(NC(=O)c2c[nH]c3ccccc23)C=CC=I[I-]1. The number of hydrogen-bond acceptors (Lipinski definition) is 3. The van der Waals surface area contributed by atoms with Crippen LogP contribution in [0.15, 0.2) is 51.9 Å². The number of halogens is 2. The summed E-state index contributed by atoms with van der Waals surface area (Å²) >= 11 is -0.543. The number of rotatable bonds is 5. The number of hydrogen-bond donors (Lipinski definition) is 3. The molecule has 0 atom stereocenters. The summed E-state index contributed by atoms with van der Waals surface area (Å²) in [5.41, 5.74) is 2.15. The van der Waals surface area contributed by atoms with Gasteiger partial charge in [0.15, 0.2) is 0 Å². The van der Waals surface area contributed by atoms with E-state index < -0.39 is 17.2 Å². The van der Waals surface area contributed by atoms with E-state index in [4.69, 9.17) is 4.74 Å². The minimum atomic E-state index is -0.404. The van der Waals surface area contributed by atoms with Crippen molar-refractivity contribution < 1.29 is 31.6 Å². The van der Waals surface area contributed by atoms with E-state index in [9.17, 15) is 9.59 Å². The van der Waals surface area contributed by atoms with E-state index in [1.807, 2.05) is 36.4 Å². The number of allylic oxidation sites excluding steroid dienone is 2. The van der Waals surface area contributed by atoms with Crippen molar-refractivity contribution >= 4 is 43.5 Å². The van der Waals surface area contributed by atoms with Gasteiger partial charge in [-0.15, -0.1) is 0 Å². The Bertz CT molecular complexity index is 1000. The van der Waals surface area contributed by atoms with Crippen LogP contribution in [-0.4, -0.2) is 40.6 Å². The maximum atomic E-state index is 12.9. The van der Waals surface area contributed by atoms with Gasteiger partial charge in [-0.1, -0.05) is 0 Å². The second kappa shape index (κ2) is 9.98. The van der Waals surface area contributed by atoms with Crippen LogP contribution < -0.4 is 27.9 Å². The van der Waals surface area contributed by atoms with Gasteiger partial charge in [0.1, 0.15) is 0 Å². The normalized spacial score (nSPS) is 17.9. The van der Waals surface area contributed by atoms with Crippen molar-refractivity contribution in [2.24, 2.45) is 5.92 Å². The van der Waals surface area contributed by atoms with Gasteiger partial charge in [0.05, 0.1) is 0 Å². The average molecular weight is 618 g/mol. The summed E-state index contributed by atoms with van der Waals surface area (Å²) in [6, 6.07) is 7.71. The van der Waals surface area contributed by atoms with E-state index in [1.165, 1.54) is 0 Å². The van der Waals surface area contributed by atoms with Crippen LogP contribution >= 0.6 is 16.8 Å². The van der Waals surface area contributed by atoms with Gasteiger partial charge in [-0.25, -0.2) is 0 Å². The van der Waals surface area contributed by atoms with E-state index in [1.54, 1.807) is 6.20 Å². The standard InChI is InChI=1S/C21H22I2N3O3/c27-20(16-13-24-17-5-2-1-4-15(16)17)26-18-6-3-9-22-23-19(18)21(28)25-12-14-7-10-29-11-8-14/h1-6,9,13-14,24H,7-8,10-12H2,(H,25,28)(H,26,27)/q-1. The van der Waals surface area contributed by atoms with Crippen LogP contribution in [0.1, 0.15) is 23.2 Å². The average Bonchev–Trinajstić information content (AvgIpc) is 3.05. The summed E-state index contributed by atoms with van der Waals surface area (Å²) in [7, 11) is 0. The number of aromatic nitrogens is 1. The Morgan fingerprint density at radius 3 is 2.90 bits per heavy atom. The van der Waals surface area contributed by atoms with Crippen molar-refractivity contribution in [2.75, 3.05) is 19.8 Å². The molecule has 3 N–H and O–H groups in total. The van der Waals surface area contributed by atoms with Crippen molar-refractivity contribution in [3.63, 3.8) is 0 Å². The zero-order valence-electron chi connectivity index (χ0n) is 15.7. The first-order chi connectivity index (χ1) is 14.2. The first-order valence-corrected chi connectivity index (χ1v) is 18.1. The van der Waals surface area contributed by atoms with Crippen LogP contribution in [0, 0.1) is 5.92 Å².